The summed E-state index contributed by atoms with van der Waals surface area (Å²) in [5, 5.41) is 12.9. The first-order chi connectivity index (χ1) is 7.66. The van der Waals surface area contributed by atoms with Gasteiger partial charge in [0.1, 0.15) is 5.82 Å². The fraction of sp³-hybridized carbons (Fsp3) is 0.500. The third-order valence-electron chi connectivity index (χ3n) is 2.92. The number of aliphatic hydroxyl groups excluding tert-OH is 1. The monoisotopic (exact) mass is 224 g/mol. The lowest BCUT2D eigenvalue weighted by molar-refractivity contribution is 0.184. The van der Waals surface area contributed by atoms with Crippen LogP contribution in [-0.2, 0) is 0 Å². The van der Waals surface area contributed by atoms with Gasteiger partial charge in [0.2, 0.25) is 0 Å². The van der Waals surface area contributed by atoms with E-state index in [0.717, 1.165) is 12.2 Å². The summed E-state index contributed by atoms with van der Waals surface area (Å²) in [5.41, 5.74) is 0.955. The lowest BCUT2D eigenvalue weighted by Gasteiger charge is -2.30. The zero-order valence-corrected chi connectivity index (χ0v) is 9.36. The minimum absolute atomic E-state index is 0.232. The molecule has 2 N–H and O–H groups in total. The quantitative estimate of drug-likeness (QED) is 0.746. The van der Waals surface area contributed by atoms with Gasteiger partial charge < -0.3 is 15.3 Å². The molecule has 16 heavy (non-hydrogen) atoms. The molecule has 1 heterocycles. The first-order valence-corrected chi connectivity index (χ1v) is 5.58. The number of halogens is 1. The molecule has 0 saturated carbocycles. The predicted octanol–water partition coefficient (Wildman–Crippen LogP) is 0.985. The van der Waals surface area contributed by atoms with Crippen LogP contribution < -0.4 is 10.2 Å². The van der Waals surface area contributed by atoms with E-state index in [4.69, 9.17) is 0 Å². The molecule has 4 heteroatoms. The molecule has 0 spiro atoms. The zero-order chi connectivity index (χ0) is 11.5. The number of hydrogen-bond acceptors (Lipinski definition) is 3. The lowest BCUT2D eigenvalue weighted by Crippen LogP contribution is -2.39. The summed E-state index contributed by atoms with van der Waals surface area (Å²) in [6, 6.07) is 6.70. The highest BCUT2D eigenvalue weighted by Crippen LogP contribution is 2.19. The van der Waals surface area contributed by atoms with Gasteiger partial charge in [-0.2, -0.15) is 0 Å². The van der Waals surface area contributed by atoms with Gasteiger partial charge in [-0.3, -0.25) is 0 Å². The summed E-state index contributed by atoms with van der Waals surface area (Å²) in [5.74, 6) is -0.232. The number of anilines is 1. The molecule has 0 radical (unpaired) electrons. The molecule has 1 aliphatic rings. The van der Waals surface area contributed by atoms with Crippen molar-refractivity contribution in [1.82, 2.24) is 5.32 Å². The van der Waals surface area contributed by atoms with E-state index in [2.05, 4.69) is 17.1 Å². The van der Waals surface area contributed by atoms with Crippen LogP contribution in [0, 0.1) is 5.82 Å². The summed E-state index contributed by atoms with van der Waals surface area (Å²) >= 11 is 0. The average Bonchev–Trinajstić information content (AvgIpc) is 2.42. The molecule has 0 amide bonds. The highest BCUT2D eigenvalue weighted by atomic mass is 19.1. The van der Waals surface area contributed by atoms with Crippen molar-refractivity contribution in [2.45, 2.75) is 19.1 Å². The molecule has 1 aromatic rings. The van der Waals surface area contributed by atoms with Gasteiger partial charge in [0.15, 0.2) is 0 Å². The predicted molar refractivity (Wildman–Crippen MR) is 62.1 cm³/mol. The van der Waals surface area contributed by atoms with Crippen LogP contribution in [0.5, 0.6) is 0 Å². The van der Waals surface area contributed by atoms with Gasteiger partial charge in [0.25, 0.3) is 0 Å². The van der Waals surface area contributed by atoms with Crippen LogP contribution in [0.25, 0.3) is 0 Å². The van der Waals surface area contributed by atoms with Crippen LogP contribution in [0.15, 0.2) is 24.3 Å². The van der Waals surface area contributed by atoms with Crippen molar-refractivity contribution in [3.63, 3.8) is 0 Å². The molecule has 2 unspecified atom stereocenters. The molecular formula is C12H17FN2O. The first kappa shape index (κ1) is 11.4. The molecule has 1 aliphatic heterocycles. The third kappa shape index (κ3) is 2.51. The molecule has 1 saturated heterocycles. The molecule has 2 atom stereocenters. The number of β-amino-alcohol motifs (C(OH)–C–C–N with tert-alkyl or cyclic N) is 1. The molecule has 3 nitrogen and oxygen atoms in total. The Morgan fingerprint density at radius 3 is 2.69 bits per heavy atom. The number of benzene rings is 1. The minimum Gasteiger partial charge on any atom is -0.390 e. The summed E-state index contributed by atoms with van der Waals surface area (Å²) in [4.78, 5) is 2.10. The van der Waals surface area contributed by atoms with E-state index in [1.165, 1.54) is 12.1 Å². The Morgan fingerprint density at radius 1 is 1.31 bits per heavy atom. The summed E-state index contributed by atoms with van der Waals surface area (Å²) < 4.78 is 12.8. The van der Waals surface area contributed by atoms with Crippen LogP contribution in [0.3, 0.4) is 0 Å². The Kier molecular flexibility index (Phi) is 3.41. The number of aliphatic hydroxyl groups is 1. The SMILES string of the molecule is CC1CNCC(O)CN1c1ccc(F)cc1. The molecule has 0 aromatic heterocycles. The van der Waals surface area contributed by atoms with Gasteiger partial charge in [0.05, 0.1) is 6.10 Å². The Hall–Kier alpha value is -1.13. The maximum absolute atomic E-state index is 12.8. The number of rotatable bonds is 1. The minimum atomic E-state index is -0.380. The standard InChI is InChI=1S/C12H17FN2O/c1-9-6-14-7-12(16)8-15(9)11-4-2-10(13)3-5-11/h2-5,9,12,14,16H,6-8H2,1H3. The molecule has 0 bridgehead atoms. The van der Waals surface area contributed by atoms with Crippen molar-refractivity contribution in [2.75, 3.05) is 24.5 Å². The van der Waals surface area contributed by atoms with Crippen molar-refractivity contribution < 1.29 is 9.50 Å². The maximum Gasteiger partial charge on any atom is 0.123 e. The van der Waals surface area contributed by atoms with E-state index in [1.807, 2.05) is 0 Å². The van der Waals surface area contributed by atoms with Crippen LogP contribution in [-0.4, -0.2) is 36.9 Å². The highest BCUT2D eigenvalue weighted by Gasteiger charge is 2.21. The van der Waals surface area contributed by atoms with Crippen LogP contribution in [0.2, 0.25) is 0 Å². The van der Waals surface area contributed by atoms with Gasteiger partial charge >= 0.3 is 0 Å². The van der Waals surface area contributed by atoms with Gasteiger partial charge in [-0.05, 0) is 31.2 Å². The van der Waals surface area contributed by atoms with E-state index < -0.39 is 0 Å². The molecule has 2 rings (SSSR count). The first-order valence-electron chi connectivity index (χ1n) is 5.58. The molecular weight excluding hydrogens is 207 g/mol. The average molecular weight is 224 g/mol. The fourth-order valence-electron chi connectivity index (χ4n) is 2.03. The number of nitrogens with zero attached hydrogens (tertiary/aromatic N) is 1. The Balaban J connectivity index is 2.19. The summed E-state index contributed by atoms with van der Waals surface area (Å²) in [7, 11) is 0. The van der Waals surface area contributed by atoms with E-state index >= 15 is 0 Å². The highest BCUT2D eigenvalue weighted by molar-refractivity contribution is 5.47. The van der Waals surface area contributed by atoms with E-state index in [9.17, 15) is 9.50 Å². The molecule has 88 valence electrons. The van der Waals surface area contributed by atoms with Crippen molar-refractivity contribution in [2.24, 2.45) is 0 Å². The maximum atomic E-state index is 12.8. The second-order valence-electron chi connectivity index (χ2n) is 4.29. The van der Waals surface area contributed by atoms with E-state index in [0.29, 0.717) is 19.1 Å². The van der Waals surface area contributed by atoms with Crippen molar-refractivity contribution in [3.8, 4) is 0 Å². The Bertz CT molecular complexity index is 341. The third-order valence-corrected chi connectivity index (χ3v) is 2.92. The molecule has 0 aliphatic carbocycles. The van der Waals surface area contributed by atoms with Crippen LogP contribution in [0.4, 0.5) is 10.1 Å². The second kappa shape index (κ2) is 4.80. The van der Waals surface area contributed by atoms with Crippen molar-refractivity contribution in [3.05, 3.63) is 30.1 Å². The molecule has 1 aromatic carbocycles. The zero-order valence-electron chi connectivity index (χ0n) is 9.36. The van der Waals surface area contributed by atoms with Gasteiger partial charge in [-0.1, -0.05) is 0 Å². The molecule has 1 fully saturated rings. The summed E-state index contributed by atoms with van der Waals surface area (Å²) in [6.07, 6.45) is -0.380. The Morgan fingerprint density at radius 2 is 2.00 bits per heavy atom. The van der Waals surface area contributed by atoms with Gasteiger partial charge in [-0.15, -0.1) is 0 Å². The smallest absolute Gasteiger partial charge is 0.123 e. The summed E-state index contributed by atoms with van der Waals surface area (Å²) in [6.45, 7) is 4.12. The topological polar surface area (TPSA) is 35.5 Å². The van der Waals surface area contributed by atoms with Crippen LogP contribution >= 0.6 is 0 Å². The largest absolute Gasteiger partial charge is 0.390 e. The van der Waals surface area contributed by atoms with E-state index in [-0.39, 0.29) is 11.9 Å². The number of nitrogens with one attached hydrogen (secondary N) is 1. The van der Waals surface area contributed by atoms with Gasteiger partial charge in [-0.25, -0.2) is 4.39 Å². The number of hydrogen-bond donors (Lipinski definition) is 2. The normalized spacial score (nSPS) is 26.6. The Labute approximate surface area is 94.9 Å². The fourth-order valence-corrected chi connectivity index (χ4v) is 2.03. The van der Waals surface area contributed by atoms with Crippen molar-refractivity contribution in [1.29, 1.82) is 0 Å². The van der Waals surface area contributed by atoms with E-state index in [1.54, 1.807) is 12.1 Å². The van der Waals surface area contributed by atoms with Gasteiger partial charge in [0, 0.05) is 31.4 Å². The lowest BCUT2D eigenvalue weighted by atomic mass is 10.2. The van der Waals surface area contributed by atoms with Crippen molar-refractivity contribution >= 4 is 5.69 Å². The van der Waals surface area contributed by atoms with Crippen LogP contribution in [0.1, 0.15) is 6.92 Å². The second-order valence-corrected chi connectivity index (χ2v) is 4.29.